The maximum absolute atomic E-state index is 13.3. The monoisotopic (exact) mass is 454 g/mol. The van der Waals surface area contributed by atoms with Crippen LogP contribution < -0.4 is 15.0 Å². The summed E-state index contributed by atoms with van der Waals surface area (Å²) in [5, 5.41) is 13.0. The van der Waals surface area contributed by atoms with Crippen LogP contribution in [0.4, 0.5) is 21.7 Å². The predicted molar refractivity (Wildman–Crippen MR) is 121 cm³/mol. The number of hydrogen-bond donors (Lipinski definition) is 2. The largest absolute Gasteiger partial charge is 0.487 e. The lowest BCUT2D eigenvalue weighted by molar-refractivity contribution is -0.132. The van der Waals surface area contributed by atoms with Crippen molar-refractivity contribution in [3.05, 3.63) is 76.3 Å². The van der Waals surface area contributed by atoms with Crippen LogP contribution in [0.25, 0.3) is 6.08 Å². The SMILES string of the molecule is CN1CCC(C(=O)O)=Cc2c(Nc3ccc(OCc4cccc(F)c4)c(Cl)c3)ncnc21. The van der Waals surface area contributed by atoms with Gasteiger partial charge in [0.05, 0.1) is 10.6 Å². The Morgan fingerprint density at radius 2 is 2.12 bits per heavy atom. The molecule has 0 unspecified atom stereocenters. The maximum Gasteiger partial charge on any atom is 0.331 e. The van der Waals surface area contributed by atoms with Crippen LogP contribution in [-0.2, 0) is 11.4 Å². The van der Waals surface area contributed by atoms with E-state index in [1.807, 2.05) is 11.9 Å². The molecule has 0 radical (unpaired) electrons. The number of carboxylic acid groups (broad SMARTS) is 1. The van der Waals surface area contributed by atoms with E-state index in [1.54, 1.807) is 36.4 Å². The number of aromatic nitrogens is 2. The fraction of sp³-hybridized carbons (Fsp3) is 0.174. The Kier molecular flexibility index (Phi) is 6.23. The summed E-state index contributed by atoms with van der Waals surface area (Å²) in [6.45, 7) is 0.712. The van der Waals surface area contributed by atoms with Gasteiger partial charge in [-0.3, -0.25) is 0 Å². The second kappa shape index (κ2) is 9.23. The van der Waals surface area contributed by atoms with Crippen molar-refractivity contribution in [1.29, 1.82) is 0 Å². The number of fused-ring (bicyclic) bond motifs is 1. The number of halogens is 2. The molecular formula is C23H20ClFN4O3. The average Bonchev–Trinajstić information content (AvgIpc) is 2.93. The van der Waals surface area contributed by atoms with Crippen LogP contribution in [-0.4, -0.2) is 34.6 Å². The zero-order valence-electron chi connectivity index (χ0n) is 17.2. The zero-order chi connectivity index (χ0) is 22.7. The van der Waals surface area contributed by atoms with Crippen molar-refractivity contribution in [3.63, 3.8) is 0 Å². The quantitative estimate of drug-likeness (QED) is 0.547. The van der Waals surface area contributed by atoms with Crippen LogP contribution in [0.3, 0.4) is 0 Å². The molecule has 2 aromatic carbocycles. The van der Waals surface area contributed by atoms with Crippen LogP contribution in [0.5, 0.6) is 5.75 Å². The molecule has 32 heavy (non-hydrogen) atoms. The first kappa shape index (κ1) is 21.6. The second-order valence-electron chi connectivity index (χ2n) is 7.29. The van der Waals surface area contributed by atoms with E-state index in [2.05, 4.69) is 15.3 Å². The lowest BCUT2D eigenvalue weighted by Crippen LogP contribution is -2.20. The number of rotatable bonds is 6. The van der Waals surface area contributed by atoms with Crippen molar-refractivity contribution in [2.75, 3.05) is 23.8 Å². The summed E-state index contributed by atoms with van der Waals surface area (Å²) >= 11 is 6.38. The van der Waals surface area contributed by atoms with Crippen molar-refractivity contribution in [2.24, 2.45) is 0 Å². The van der Waals surface area contributed by atoms with Gasteiger partial charge in [0, 0.05) is 24.9 Å². The van der Waals surface area contributed by atoms with Crippen molar-refractivity contribution in [2.45, 2.75) is 13.0 Å². The van der Waals surface area contributed by atoms with E-state index >= 15 is 0 Å². The highest BCUT2D eigenvalue weighted by molar-refractivity contribution is 6.32. The molecule has 9 heteroatoms. The molecule has 164 valence electrons. The summed E-state index contributed by atoms with van der Waals surface area (Å²) in [7, 11) is 1.86. The predicted octanol–water partition coefficient (Wildman–Crippen LogP) is 4.90. The lowest BCUT2D eigenvalue weighted by Gasteiger charge is -2.19. The molecule has 2 N–H and O–H groups in total. The van der Waals surface area contributed by atoms with Crippen LogP contribution in [0.2, 0.25) is 5.02 Å². The first-order valence-electron chi connectivity index (χ1n) is 9.84. The molecule has 1 aliphatic rings. The highest BCUT2D eigenvalue weighted by Crippen LogP contribution is 2.33. The second-order valence-corrected chi connectivity index (χ2v) is 7.70. The standard InChI is InChI=1S/C23H20ClFN4O3/c1-29-8-7-15(23(30)31)10-18-21(26-13-27-22(18)29)28-17-5-6-20(19(24)11-17)32-12-14-3-2-4-16(25)9-14/h2-6,9-11,13H,7-8,12H2,1H3,(H,30,31)(H,26,27,28). The molecular weight excluding hydrogens is 435 g/mol. The summed E-state index contributed by atoms with van der Waals surface area (Å²) in [5.74, 6) is 0.262. The van der Waals surface area contributed by atoms with Gasteiger partial charge in [-0.2, -0.15) is 0 Å². The molecule has 1 aromatic heterocycles. The van der Waals surface area contributed by atoms with Crippen molar-refractivity contribution >= 4 is 41.0 Å². The molecule has 0 aliphatic carbocycles. The molecule has 1 aliphatic heterocycles. The Labute approximate surface area is 189 Å². The fourth-order valence-corrected chi connectivity index (χ4v) is 3.59. The number of carboxylic acids is 1. The molecule has 0 amide bonds. The first-order valence-corrected chi connectivity index (χ1v) is 10.2. The minimum atomic E-state index is -0.969. The third-order valence-corrected chi connectivity index (χ3v) is 5.31. The molecule has 4 rings (SSSR count). The van der Waals surface area contributed by atoms with E-state index < -0.39 is 5.97 Å². The number of anilines is 3. The van der Waals surface area contributed by atoms with Gasteiger partial charge in [-0.05, 0) is 48.4 Å². The van der Waals surface area contributed by atoms with Crippen LogP contribution in [0.15, 0.2) is 54.4 Å². The summed E-state index contributed by atoms with van der Waals surface area (Å²) in [5.41, 5.74) is 2.21. The van der Waals surface area contributed by atoms with E-state index in [0.717, 1.165) is 0 Å². The molecule has 0 saturated heterocycles. The van der Waals surface area contributed by atoms with Gasteiger partial charge in [0.15, 0.2) is 0 Å². The van der Waals surface area contributed by atoms with Gasteiger partial charge in [0.1, 0.15) is 36.1 Å². The Bertz CT molecular complexity index is 1200. The van der Waals surface area contributed by atoms with Gasteiger partial charge in [0.2, 0.25) is 0 Å². The third-order valence-electron chi connectivity index (χ3n) is 5.01. The van der Waals surface area contributed by atoms with Gasteiger partial charge in [-0.1, -0.05) is 23.7 Å². The number of carbonyl (C=O) groups is 1. The minimum Gasteiger partial charge on any atom is -0.487 e. The fourth-order valence-electron chi connectivity index (χ4n) is 3.35. The number of ether oxygens (including phenoxy) is 1. The molecule has 0 fully saturated rings. The van der Waals surface area contributed by atoms with Gasteiger partial charge < -0.3 is 20.1 Å². The number of hydrogen-bond acceptors (Lipinski definition) is 6. The van der Waals surface area contributed by atoms with Gasteiger partial charge in [-0.15, -0.1) is 0 Å². The molecule has 0 spiro atoms. The minimum absolute atomic E-state index is 0.179. The highest BCUT2D eigenvalue weighted by atomic mass is 35.5. The molecule has 2 heterocycles. The smallest absolute Gasteiger partial charge is 0.331 e. The van der Waals surface area contributed by atoms with Crippen LogP contribution in [0, 0.1) is 5.82 Å². The van der Waals surface area contributed by atoms with E-state index in [4.69, 9.17) is 16.3 Å². The Hall–Kier alpha value is -3.65. The van der Waals surface area contributed by atoms with Crippen LogP contribution >= 0.6 is 11.6 Å². The zero-order valence-corrected chi connectivity index (χ0v) is 17.9. The topological polar surface area (TPSA) is 87.6 Å². The highest BCUT2D eigenvalue weighted by Gasteiger charge is 2.21. The summed E-state index contributed by atoms with van der Waals surface area (Å²) in [6.07, 6.45) is 3.42. The van der Waals surface area contributed by atoms with E-state index in [0.29, 0.717) is 52.2 Å². The summed E-state index contributed by atoms with van der Waals surface area (Å²) in [6, 6.07) is 11.3. The maximum atomic E-state index is 13.3. The molecule has 7 nitrogen and oxygen atoms in total. The molecule has 0 atom stereocenters. The van der Waals surface area contributed by atoms with E-state index in [9.17, 15) is 14.3 Å². The lowest BCUT2D eigenvalue weighted by atomic mass is 10.1. The van der Waals surface area contributed by atoms with Crippen LogP contribution in [0.1, 0.15) is 17.5 Å². The summed E-state index contributed by atoms with van der Waals surface area (Å²) in [4.78, 5) is 22.1. The van der Waals surface area contributed by atoms with E-state index in [1.165, 1.54) is 18.5 Å². The van der Waals surface area contributed by atoms with Gasteiger partial charge in [-0.25, -0.2) is 19.2 Å². The Balaban J connectivity index is 1.56. The van der Waals surface area contributed by atoms with Crippen molar-refractivity contribution in [1.82, 2.24) is 9.97 Å². The van der Waals surface area contributed by atoms with Gasteiger partial charge in [0.25, 0.3) is 0 Å². The number of aliphatic carboxylic acids is 1. The molecule has 3 aromatic rings. The average molecular weight is 455 g/mol. The number of nitrogens with one attached hydrogen (secondary N) is 1. The number of nitrogens with zero attached hydrogens (tertiary/aromatic N) is 3. The Morgan fingerprint density at radius 1 is 1.28 bits per heavy atom. The van der Waals surface area contributed by atoms with Crippen molar-refractivity contribution < 1.29 is 19.0 Å². The Morgan fingerprint density at radius 3 is 2.88 bits per heavy atom. The first-order chi connectivity index (χ1) is 15.4. The number of benzene rings is 2. The molecule has 0 bridgehead atoms. The van der Waals surface area contributed by atoms with Crippen molar-refractivity contribution in [3.8, 4) is 5.75 Å². The van der Waals surface area contributed by atoms with E-state index in [-0.39, 0.29) is 18.0 Å². The third kappa shape index (κ3) is 4.81. The summed E-state index contributed by atoms with van der Waals surface area (Å²) < 4.78 is 19.0. The normalized spacial score (nSPS) is 13.1. The molecule has 0 saturated carbocycles. The van der Waals surface area contributed by atoms with Gasteiger partial charge >= 0.3 is 5.97 Å².